The van der Waals surface area contributed by atoms with Gasteiger partial charge in [-0.15, -0.1) is 0 Å². The number of rotatable bonds is 4. The van der Waals surface area contributed by atoms with E-state index in [-0.39, 0.29) is 6.10 Å². The first-order valence-corrected chi connectivity index (χ1v) is 6.70. The smallest absolute Gasteiger partial charge is 0.134 e. The number of para-hydroxylation sites is 1. The molecule has 0 bridgehead atoms. The second kappa shape index (κ2) is 6.24. The van der Waals surface area contributed by atoms with Crippen LogP contribution in [-0.2, 0) is 0 Å². The molecule has 2 rings (SSSR count). The largest absolute Gasteiger partial charge is 0.490 e. The molecule has 1 nitrogen and oxygen atoms in total. The molecule has 0 saturated heterocycles. The van der Waals surface area contributed by atoms with E-state index in [2.05, 4.69) is 62.4 Å². The molecular weight excluding hydrogens is 232 g/mol. The Morgan fingerprint density at radius 1 is 0.947 bits per heavy atom. The van der Waals surface area contributed by atoms with Crippen LogP contribution in [0.2, 0.25) is 0 Å². The quantitative estimate of drug-likeness (QED) is 0.729. The summed E-state index contributed by atoms with van der Waals surface area (Å²) in [5.74, 6) is 0.960. The molecule has 98 valence electrons. The lowest BCUT2D eigenvalue weighted by Crippen LogP contribution is -2.07. The van der Waals surface area contributed by atoms with Crippen LogP contribution >= 0.6 is 0 Å². The minimum Gasteiger partial charge on any atom is -0.490 e. The highest BCUT2D eigenvalue weighted by molar-refractivity contribution is 5.76. The fourth-order valence-corrected chi connectivity index (χ4v) is 2.08. The zero-order valence-electron chi connectivity index (χ0n) is 11.8. The van der Waals surface area contributed by atoms with E-state index in [1.165, 1.54) is 5.56 Å². The van der Waals surface area contributed by atoms with Gasteiger partial charge in [0.25, 0.3) is 0 Å². The fraction of sp³-hybridized carbons (Fsp3) is 0.222. The Bertz CT molecular complexity index is 553. The van der Waals surface area contributed by atoms with Crippen molar-refractivity contribution < 1.29 is 4.74 Å². The number of hydrogen-bond donors (Lipinski definition) is 0. The van der Waals surface area contributed by atoms with Crippen LogP contribution in [0.4, 0.5) is 0 Å². The van der Waals surface area contributed by atoms with Crippen LogP contribution in [0.3, 0.4) is 0 Å². The third-order valence-electron chi connectivity index (χ3n) is 2.83. The highest BCUT2D eigenvalue weighted by Crippen LogP contribution is 2.34. The predicted octanol–water partition coefficient (Wildman–Crippen LogP) is 5.17. The van der Waals surface area contributed by atoms with E-state index < -0.39 is 0 Å². The Morgan fingerprint density at radius 3 is 2.32 bits per heavy atom. The van der Waals surface area contributed by atoms with Gasteiger partial charge in [-0.3, -0.25) is 0 Å². The molecule has 0 aliphatic heterocycles. The molecule has 2 aromatic carbocycles. The molecule has 0 saturated carbocycles. The Labute approximate surface area is 115 Å². The van der Waals surface area contributed by atoms with Crippen LogP contribution in [0.25, 0.3) is 17.2 Å². The fourth-order valence-electron chi connectivity index (χ4n) is 2.08. The summed E-state index contributed by atoms with van der Waals surface area (Å²) in [6.07, 6.45) is 4.29. The third kappa shape index (κ3) is 3.25. The summed E-state index contributed by atoms with van der Waals surface area (Å²) in [5, 5.41) is 0. The van der Waals surface area contributed by atoms with Gasteiger partial charge in [-0.1, -0.05) is 60.7 Å². The molecule has 1 heteroatoms. The minimum atomic E-state index is 0.161. The van der Waals surface area contributed by atoms with Crippen LogP contribution in [0.5, 0.6) is 5.75 Å². The third-order valence-corrected chi connectivity index (χ3v) is 2.83. The maximum Gasteiger partial charge on any atom is 0.134 e. The molecular formula is C18H20O. The van der Waals surface area contributed by atoms with Gasteiger partial charge in [0.2, 0.25) is 0 Å². The Hall–Kier alpha value is -2.02. The van der Waals surface area contributed by atoms with Crippen molar-refractivity contribution in [3.8, 4) is 16.9 Å². The summed E-state index contributed by atoms with van der Waals surface area (Å²) in [6.45, 7) is 6.14. The van der Waals surface area contributed by atoms with Gasteiger partial charge in [0.1, 0.15) is 5.75 Å². The highest BCUT2D eigenvalue weighted by Gasteiger charge is 2.11. The zero-order chi connectivity index (χ0) is 13.7. The minimum absolute atomic E-state index is 0.161. The van der Waals surface area contributed by atoms with Gasteiger partial charge in [0.05, 0.1) is 6.10 Å². The maximum absolute atomic E-state index is 6.03. The van der Waals surface area contributed by atoms with Gasteiger partial charge in [0, 0.05) is 11.1 Å². The number of ether oxygens (including phenoxy) is 1. The van der Waals surface area contributed by atoms with Crippen molar-refractivity contribution in [3.63, 3.8) is 0 Å². The molecule has 0 radical (unpaired) electrons. The second-order valence-corrected chi connectivity index (χ2v) is 4.76. The molecule has 0 atom stereocenters. The van der Waals surface area contributed by atoms with Gasteiger partial charge in [-0.2, -0.15) is 0 Å². The first kappa shape index (κ1) is 13.4. The lowest BCUT2D eigenvalue weighted by molar-refractivity contribution is 0.243. The normalized spacial score (nSPS) is 11.2. The van der Waals surface area contributed by atoms with Crippen molar-refractivity contribution in [3.05, 3.63) is 60.2 Å². The average Bonchev–Trinajstić information content (AvgIpc) is 2.41. The second-order valence-electron chi connectivity index (χ2n) is 4.76. The Kier molecular flexibility index (Phi) is 4.40. The summed E-state index contributed by atoms with van der Waals surface area (Å²) < 4.78 is 6.03. The number of hydrogen-bond acceptors (Lipinski definition) is 1. The van der Waals surface area contributed by atoms with E-state index in [9.17, 15) is 0 Å². The molecule has 0 fully saturated rings. The SMILES string of the molecule is C/C=C/c1cccc(-c2ccccc2)c1OC(C)C. The lowest BCUT2D eigenvalue weighted by Gasteiger charge is -2.17. The van der Waals surface area contributed by atoms with Crippen molar-refractivity contribution in [2.24, 2.45) is 0 Å². The Morgan fingerprint density at radius 2 is 1.68 bits per heavy atom. The van der Waals surface area contributed by atoms with Gasteiger partial charge in [-0.05, 0) is 26.3 Å². The van der Waals surface area contributed by atoms with Gasteiger partial charge < -0.3 is 4.74 Å². The maximum atomic E-state index is 6.03. The van der Waals surface area contributed by atoms with Crippen molar-refractivity contribution in [1.82, 2.24) is 0 Å². The molecule has 19 heavy (non-hydrogen) atoms. The topological polar surface area (TPSA) is 9.23 Å². The summed E-state index contributed by atoms with van der Waals surface area (Å²) in [6, 6.07) is 16.6. The molecule has 0 N–H and O–H groups in total. The van der Waals surface area contributed by atoms with Gasteiger partial charge >= 0.3 is 0 Å². The monoisotopic (exact) mass is 252 g/mol. The van der Waals surface area contributed by atoms with E-state index in [0.29, 0.717) is 0 Å². The van der Waals surface area contributed by atoms with Crippen molar-refractivity contribution in [2.75, 3.05) is 0 Å². The molecule has 0 spiro atoms. The lowest BCUT2D eigenvalue weighted by atomic mass is 10.0. The molecule has 2 aromatic rings. The van der Waals surface area contributed by atoms with Crippen LogP contribution in [0.15, 0.2) is 54.6 Å². The highest BCUT2D eigenvalue weighted by atomic mass is 16.5. The van der Waals surface area contributed by atoms with Gasteiger partial charge in [0.15, 0.2) is 0 Å². The molecule has 0 amide bonds. The molecule has 0 aliphatic rings. The summed E-state index contributed by atoms with van der Waals surface area (Å²) >= 11 is 0. The standard InChI is InChI=1S/C18H20O/c1-4-9-16-12-8-13-17(18(16)19-14(2)3)15-10-6-5-7-11-15/h4-14H,1-3H3/b9-4+. The van der Waals surface area contributed by atoms with E-state index in [4.69, 9.17) is 4.74 Å². The van der Waals surface area contributed by atoms with Crippen molar-refractivity contribution in [2.45, 2.75) is 26.9 Å². The molecule has 0 aliphatic carbocycles. The van der Waals surface area contributed by atoms with Crippen LogP contribution in [0.1, 0.15) is 26.3 Å². The van der Waals surface area contributed by atoms with E-state index >= 15 is 0 Å². The van der Waals surface area contributed by atoms with Gasteiger partial charge in [-0.25, -0.2) is 0 Å². The average molecular weight is 252 g/mol. The summed E-state index contributed by atoms with van der Waals surface area (Å²) in [5.41, 5.74) is 3.45. The van der Waals surface area contributed by atoms with E-state index in [1.54, 1.807) is 0 Å². The van der Waals surface area contributed by atoms with E-state index in [0.717, 1.165) is 16.9 Å². The first-order valence-electron chi connectivity index (χ1n) is 6.70. The predicted molar refractivity (Wildman–Crippen MR) is 82.4 cm³/mol. The number of benzene rings is 2. The number of allylic oxidation sites excluding steroid dienone is 1. The summed E-state index contributed by atoms with van der Waals surface area (Å²) in [7, 11) is 0. The summed E-state index contributed by atoms with van der Waals surface area (Å²) in [4.78, 5) is 0. The zero-order valence-corrected chi connectivity index (χ0v) is 11.8. The molecule has 0 aromatic heterocycles. The van der Waals surface area contributed by atoms with Crippen LogP contribution in [0, 0.1) is 0 Å². The van der Waals surface area contributed by atoms with Crippen molar-refractivity contribution in [1.29, 1.82) is 0 Å². The Balaban J connectivity index is 2.56. The van der Waals surface area contributed by atoms with E-state index in [1.807, 2.05) is 19.1 Å². The first-order chi connectivity index (χ1) is 9.22. The van der Waals surface area contributed by atoms with Crippen LogP contribution < -0.4 is 4.74 Å². The molecule has 0 heterocycles. The van der Waals surface area contributed by atoms with Crippen LogP contribution in [-0.4, -0.2) is 6.10 Å². The molecule has 0 unspecified atom stereocenters. The van der Waals surface area contributed by atoms with Crippen molar-refractivity contribution >= 4 is 6.08 Å².